The van der Waals surface area contributed by atoms with Gasteiger partial charge in [0, 0.05) is 29.2 Å². The minimum Gasteiger partial charge on any atom is -0.343 e. The molecule has 3 aromatic rings. The number of rotatable bonds is 5. The number of hydrogen-bond donors (Lipinski definition) is 1. The largest absolute Gasteiger partial charge is 0.343 e. The summed E-state index contributed by atoms with van der Waals surface area (Å²) < 4.78 is 5.37. The van der Waals surface area contributed by atoms with Crippen LogP contribution in [0.25, 0.3) is 11.4 Å². The van der Waals surface area contributed by atoms with Gasteiger partial charge in [0.25, 0.3) is 0 Å². The second kappa shape index (κ2) is 7.55. The van der Waals surface area contributed by atoms with Gasteiger partial charge in [0.2, 0.25) is 23.6 Å². The van der Waals surface area contributed by atoms with E-state index in [1.165, 1.54) is 0 Å². The normalized spacial score (nSPS) is 17.8. The number of benzene rings is 1. The molecule has 1 amide bonds. The average molecular weight is 399 g/mol. The summed E-state index contributed by atoms with van der Waals surface area (Å²) >= 11 is 5.91. The standard InChI is InChI=1S/C19H19ClN6O2/c1-11-3-8-16(27)26(11)15-9-10-21-19(23-15)22-12(2)18-24-17(25-28-18)13-4-6-14(20)7-5-13/h4-7,9-12H,3,8H2,1-2H3,(H,21,22,23)/t11?,12-/m0/s1. The SMILES string of the molecule is CC1CCC(=O)N1c1ccnc(N[C@@H](C)c2nc(-c3ccc(Cl)cc3)no2)n1. The molecule has 2 atom stereocenters. The van der Waals surface area contributed by atoms with E-state index in [1.807, 2.05) is 26.0 Å². The number of amides is 1. The van der Waals surface area contributed by atoms with E-state index in [1.54, 1.807) is 29.3 Å². The van der Waals surface area contributed by atoms with Crippen molar-refractivity contribution in [2.75, 3.05) is 10.2 Å². The Bertz CT molecular complexity index is 990. The predicted molar refractivity (Wildman–Crippen MR) is 105 cm³/mol. The van der Waals surface area contributed by atoms with Crippen LogP contribution in [0.15, 0.2) is 41.1 Å². The Kier molecular flexibility index (Phi) is 4.95. The van der Waals surface area contributed by atoms with E-state index >= 15 is 0 Å². The molecule has 1 aromatic carbocycles. The van der Waals surface area contributed by atoms with Gasteiger partial charge in [-0.1, -0.05) is 16.8 Å². The molecule has 0 spiro atoms. The molecule has 0 aliphatic carbocycles. The number of nitrogens with zero attached hydrogens (tertiary/aromatic N) is 5. The molecule has 1 N–H and O–H groups in total. The number of carbonyl (C=O) groups excluding carboxylic acids is 1. The van der Waals surface area contributed by atoms with E-state index in [9.17, 15) is 4.79 Å². The van der Waals surface area contributed by atoms with E-state index in [0.717, 1.165) is 12.0 Å². The molecule has 1 unspecified atom stereocenters. The van der Waals surface area contributed by atoms with Gasteiger partial charge in [-0.05, 0) is 50.6 Å². The zero-order chi connectivity index (χ0) is 19.7. The van der Waals surface area contributed by atoms with Crippen molar-refractivity contribution in [2.24, 2.45) is 0 Å². The Hall–Kier alpha value is -3.00. The van der Waals surface area contributed by atoms with Crippen LogP contribution in [0.4, 0.5) is 11.8 Å². The summed E-state index contributed by atoms with van der Waals surface area (Å²) in [5.74, 6) is 1.95. The van der Waals surface area contributed by atoms with Crippen LogP contribution in [0.1, 0.15) is 38.6 Å². The third-order valence-corrected chi connectivity index (χ3v) is 4.89. The van der Waals surface area contributed by atoms with Gasteiger partial charge in [-0.15, -0.1) is 0 Å². The third kappa shape index (κ3) is 3.68. The minimum absolute atomic E-state index is 0.0784. The second-order valence-corrected chi connectivity index (χ2v) is 7.16. The first-order chi connectivity index (χ1) is 13.5. The molecule has 144 valence electrons. The summed E-state index contributed by atoms with van der Waals surface area (Å²) in [6.45, 7) is 3.89. The summed E-state index contributed by atoms with van der Waals surface area (Å²) in [7, 11) is 0. The zero-order valence-electron chi connectivity index (χ0n) is 15.5. The molecule has 1 aliphatic rings. The number of aromatic nitrogens is 4. The number of nitrogens with one attached hydrogen (secondary N) is 1. The zero-order valence-corrected chi connectivity index (χ0v) is 16.2. The summed E-state index contributed by atoms with van der Waals surface area (Å²) in [6, 6.07) is 8.76. The Labute approximate surface area is 166 Å². The fourth-order valence-corrected chi connectivity index (χ4v) is 3.24. The minimum atomic E-state index is -0.310. The molecule has 1 aliphatic heterocycles. The maximum Gasteiger partial charge on any atom is 0.249 e. The van der Waals surface area contributed by atoms with Gasteiger partial charge >= 0.3 is 0 Å². The molecule has 28 heavy (non-hydrogen) atoms. The quantitative estimate of drug-likeness (QED) is 0.696. The summed E-state index contributed by atoms with van der Waals surface area (Å²) in [5, 5.41) is 7.81. The first-order valence-electron chi connectivity index (χ1n) is 9.02. The number of halogens is 1. The van der Waals surface area contributed by atoms with Gasteiger partial charge in [-0.2, -0.15) is 9.97 Å². The fourth-order valence-electron chi connectivity index (χ4n) is 3.12. The highest BCUT2D eigenvalue weighted by Gasteiger charge is 2.30. The number of carbonyl (C=O) groups is 1. The molecular formula is C19H19ClN6O2. The first kappa shape index (κ1) is 18.4. The third-order valence-electron chi connectivity index (χ3n) is 4.63. The molecule has 0 radical (unpaired) electrons. The summed E-state index contributed by atoms with van der Waals surface area (Å²) in [4.78, 5) is 27.0. The van der Waals surface area contributed by atoms with Crippen LogP contribution < -0.4 is 10.2 Å². The van der Waals surface area contributed by atoms with Crippen molar-refractivity contribution in [3.8, 4) is 11.4 Å². The number of hydrogen-bond acceptors (Lipinski definition) is 7. The lowest BCUT2D eigenvalue weighted by Crippen LogP contribution is -2.31. The van der Waals surface area contributed by atoms with Crippen LogP contribution in [0.3, 0.4) is 0 Å². The highest BCUT2D eigenvalue weighted by Crippen LogP contribution is 2.26. The molecule has 3 heterocycles. The van der Waals surface area contributed by atoms with Crippen LogP contribution in [0, 0.1) is 0 Å². The van der Waals surface area contributed by atoms with Crippen LogP contribution in [0.2, 0.25) is 5.02 Å². The highest BCUT2D eigenvalue weighted by atomic mass is 35.5. The Balaban J connectivity index is 1.50. The monoisotopic (exact) mass is 398 g/mol. The summed E-state index contributed by atoms with van der Waals surface area (Å²) in [5.41, 5.74) is 0.811. The smallest absolute Gasteiger partial charge is 0.249 e. The molecule has 2 aromatic heterocycles. The van der Waals surface area contributed by atoms with Crippen molar-refractivity contribution in [1.82, 2.24) is 20.1 Å². The first-order valence-corrected chi connectivity index (χ1v) is 9.40. The lowest BCUT2D eigenvalue weighted by atomic mass is 10.2. The van der Waals surface area contributed by atoms with E-state index in [2.05, 4.69) is 25.4 Å². The highest BCUT2D eigenvalue weighted by molar-refractivity contribution is 6.30. The Morgan fingerprint density at radius 2 is 2.04 bits per heavy atom. The van der Waals surface area contributed by atoms with E-state index in [0.29, 0.717) is 34.9 Å². The molecule has 0 bridgehead atoms. The van der Waals surface area contributed by atoms with E-state index in [4.69, 9.17) is 16.1 Å². The van der Waals surface area contributed by atoms with Gasteiger partial charge in [-0.3, -0.25) is 9.69 Å². The van der Waals surface area contributed by atoms with Crippen molar-refractivity contribution in [3.63, 3.8) is 0 Å². The van der Waals surface area contributed by atoms with Gasteiger partial charge < -0.3 is 9.84 Å². The van der Waals surface area contributed by atoms with Gasteiger partial charge in [0.15, 0.2) is 0 Å². The molecule has 4 rings (SSSR count). The lowest BCUT2D eigenvalue weighted by molar-refractivity contribution is -0.117. The van der Waals surface area contributed by atoms with Gasteiger partial charge in [0.05, 0.1) is 0 Å². The van der Waals surface area contributed by atoms with Crippen molar-refractivity contribution >= 4 is 29.3 Å². The van der Waals surface area contributed by atoms with Crippen LogP contribution >= 0.6 is 11.6 Å². The average Bonchev–Trinajstić information content (AvgIpc) is 3.30. The van der Waals surface area contributed by atoms with Crippen LogP contribution in [0.5, 0.6) is 0 Å². The predicted octanol–water partition coefficient (Wildman–Crippen LogP) is 3.87. The topological polar surface area (TPSA) is 97.0 Å². The van der Waals surface area contributed by atoms with Crippen molar-refractivity contribution in [3.05, 3.63) is 47.4 Å². The lowest BCUT2D eigenvalue weighted by Gasteiger charge is -2.21. The molecule has 0 saturated carbocycles. The Morgan fingerprint density at radius 1 is 1.25 bits per heavy atom. The Morgan fingerprint density at radius 3 is 2.75 bits per heavy atom. The summed E-state index contributed by atoms with van der Waals surface area (Å²) in [6.07, 6.45) is 3.00. The van der Waals surface area contributed by atoms with E-state index < -0.39 is 0 Å². The molecular weight excluding hydrogens is 380 g/mol. The van der Waals surface area contributed by atoms with E-state index in [-0.39, 0.29) is 18.0 Å². The number of anilines is 2. The van der Waals surface area contributed by atoms with Crippen molar-refractivity contribution in [1.29, 1.82) is 0 Å². The van der Waals surface area contributed by atoms with Crippen molar-refractivity contribution in [2.45, 2.75) is 38.8 Å². The second-order valence-electron chi connectivity index (χ2n) is 6.72. The maximum absolute atomic E-state index is 12.1. The van der Waals surface area contributed by atoms with Crippen LogP contribution in [-0.2, 0) is 4.79 Å². The maximum atomic E-state index is 12.1. The molecule has 9 heteroatoms. The molecule has 1 fully saturated rings. The molecule has 1 saturated heterocycles. The van der Waals surface area contributed by atoms with Gasteiger partial charge in [0.1, 0.15) is 11.9 Å². The molecule has 8 nitrogen and oxygen atoms in total. The fraction of sp³-hybridized carbons (Fsp3) is 0.316. The van der Waals surface area contributed by atoms with Crippen LogP contribution in [-0.4, -0.2) is 32.1 Å². The van der Waals surface area contributed by atoms with Crippen molar-refractivity contribution < 1.29 is 9.32 Å². The van der Waals surface area contributed by atoms with Gasteiger partial charge in [-0.25, -0.2) is 4.98 Å².